The van der Waals surface area contributed by atoms with Crippen LogP contribution >= 0.6 is 0 Å². The number of hydrogen-bond donors (Lipinski definition) is 0. The molecule has 0 amide bonds. The molecule has 60 heavy (non-hydrogen) atoms. The topological polar surface area (TPSA) is 25.5 Å². The van der Waals surface area contributed by atoms with E-state index in [0.717, 1.165) is 50.6 Å². The van der Waals surface area contributed by atoms with Crippen LogP contribution in [0.1, 0.15) is 22.3 Å². The molecule has 0 saturated carbocycles. The lowest BCUT2D eigenvalue weighted by Crippen LogP contribution is -2.26. The fourth-order valence-corrected chi connectivity index (χ4v) is 10.5. The number of para-hydroxylation sites is 6. The van der Waals surface area contributed by atoms with Crippen LogP contribution < -0.4 is 4.90 Å². The van der Waals surface area contributed by atoms with Crippen LogP contribution in [0.15, 0.2) is 218 Å². The van der Waals surface area contributed by atoms with Gasteiger partial charge in [-0.3, -0.25) is 8.97 Å². The lowest BCUT2D eigenvalue weighted by Gasteiger charge is -2.32. The second kappa shape index (κ2) is 12.5. The molecule has 2 aromatic heterocycles. The Bertz CT molecular complexity index is 3440. The van der Waals surface area contributed by atoms with Gasteiger partial charge in [0.2, 0.25) is 5.78 Å². The van der Waals surface area contributed by atoms with Gasteiger partial charge in [-0.2, -0.15) is 0 Å². The molecule has 0 fully saturated rings. The van der Waals surface area contributed by atoms with Crippen molar-refractivity contribution < 1.29 is 0 Å². The monoisotopic (exact) mass is 764 g/mol. The van der Waals surface area contributed by atoms with Gasteiger partial charge in [0.1, 0.15) is 0 Å². The molecule has 0 aliphatic heterocycles. The average Bonchev–Trinajstić information content (AvgIpc) is 4.03. The highest BCUT2D eigenvalue weighted by molar-refractivity contribution is 5.98. The molecule has 0 saturated heterocycles. The Balaban J connectivity index is 1.09. The molecule has 11 aromatic rings. The van der Waals surface area contributed by atoms with E-state index in [-0.39, 0.29) is 0 Å². The molecule has 2 aliphatic carbocycles. The second-order valence-electron chi connectivity index (χ2n) is 15.9. The quantitative estimate of drug-likeness (QED) is 0.174. The molecule has 280 valence electrons. The van der Waals surface area contributed by atoms with E-state index in [0.29, 0.717) is 0 Å². The molecule has 0 radical (unpaired) electrons. The molecule has 0 unspecified atom stereocenters. The highest BCUT2D eigenvalue weighted by Gasteiger charge is 2.51. The van der Waals surface area contributed by atoms with Gasteiger partial charge < -0.3 is 4.90 Å². The number of anilines is 3. The van der Waals surface area contributed by atoms with E-state index in [9.17, 15) is 0 Å². The highest BCUT2D eigenvalue weighted by atomic mass is 15.2. The van der Waals surface area contributed by atoms with E-state index >= 15 is 0 Å². The highest BCUT2D eigenvalue weighted by Crippen LogP contribution is 2.63. The summed E-state index contributed by atoms with van der Waals surface area (Å²) >= 11 is 0. The Morgan fingerprint density at radius 2 is 0.900 bits per heavy atom. The van der Waals surface area contributed by atoms with Crippen molar-refractivity contribution in [1.82, 2.24) is 14.0 Å². The number of fused-ring (bicyclic) bond motifs is 15. The first kappa shape index (κ1) is 33.1. The number of rotatable bonds is 5. The number of hydrogen-bond acceptors (Lipinski definition) is 2. The van der Waals surface area contributed by atoms with Crippen molar-refractivity contribution in [3.05, 3.63) is 241 Å². The second-order valence-corrected chi connectivity index (χ2v) is 15.9. The SMILES string of the molecule is c1ccc(-c2ccc(N(c3ccc4c(c3)C3(c5ccccc5-c5ccccc53)c3ccccc3-4)c3ccccc3-n3c4ccccc4n4c5ccccc5nc34)cc2)cc1. The van der Waals surface area contributed by atoms with E-state index in [1.807, 2.05) is 0 Å². The number of aromatic nitrogens is 3. The lowest BCUT2D eigenvalue weighted by molar-refractivity contribution is 0.793. The van der Waals surface area contributed by atoms with Crippen molar-refractivity contribution in [2.45, 2.75) is 5.41 Å². The van der Waals surface area contributed by atoms with E-state index < -0.39 is 5.41 Å². The smallest absolute Gasteiger partial charge is 0.220 e. The number of imidazole rings is 2. The van der Waals surface area contributed by atoms with Crippen LogP contribution in [0, 0.1) is 0 Å². The molecule has 0 atom stereocenters. The van der Waals surface area contributed by atoms with Gasteiger partial charge in [0.05, 0.1) is 38.9 Å². The maximum Gasteiger partial charge on any atom is 0.220 e. The molecule has 9 aromatic carbocycles. The summed E-state index contributed by atoms with van der Waals surface area (Å²) in [5.74, 6) is 0.881. The van der Waals surface area contributed by atoms with Gasteiger partial charge in [0, 0.05) is 11.4 Å². The predicted molar refractivity (Wildman–Crippen MR) is 246 cm³/mol. The molecule has 2 aliphatic rings. The number of nitrogens with zero attached hydrogens (tertiary/aromatic N) is 4. The van der Waals surface area contributed by atoms with Crippen molar-refractivity contribution in [2.24, 2.45) is 0 Å². The minimum atomic E-state index is -0.462. The van der Waals surface area contributed by atoms with Crippen LogP contribution in [-0.2, 0) is 5.41 Å². The van der Waals surface area contributed by atoms with Crippen molar-refractivity contribution in [3.63, 3.8) is 0 Å². The van der Waals surface area contributed by atoms with Crippen molar-refractivity contribution in [1.29, 1.82) is 0 Å². The van der Waals surface area contributed by atoms with Gasteiger partial charge in [-0.15, -0.1) is 0 Å². The summed E-state index contributed by atoms with van der Waals surface area (Å²) in [7, 11) is 0. The van der Waals surface area contributed by atoms with Crippen molar-refractivity contribution in [2.75, 3.05) is 4.90 Å². The number of benzene rings is 9. The van der Waals surface area contributed by atoms with Crippen LogP contribution in [-0.4, -0.2) is 14.0 Å². The molecule has 0 bridgehead atoms. The molecule has 1 spiro atoms. The average molecular weight is 765 g/mol. The summed E-state index contributed by atoms with van der Waals surface area (Å²) < 4.78 is 4.63. The normalized spacial score (nSPS) is 13.1. The molecular weight excluding hydrogens is 729 g/mol. The fraction of sp³-hybridized carbons (Fsp3) is 0.0179. The molecule has 4 nitrogen and oxygen atoms in total. The minimum Gasteiger partial charge on any atom is -0.308 e. The Hall–Kier alpha value is -7.95. The maximum atomic E-state index is 5.29. The van der Waals surface area contributed by atoms with Gasteiger partial charge in [0.25, 0.3) is 0 Å². The van der Waals surface area contributed by atoms with Gasteiger partial charge in [-0.1, -0.05) is 158 Å². The van der Waals surface area contributed by atoms with Gasteiger partial charge in [-0.25, -0.2) is 4.98 Å². The zero-order chi connectivity index (χ0) is 39.4. The van der Waals surface area contributed by atoms with Gasteiger partial charge >= 0.3 is 0 Å². The zero-order valence-electron chi connectivity index (χ0n) is 32.6. The van der Waals surface area contributed by atoms with Crippen LogP contribution in [0.5, 0.6) is 0 Å². The lowest BCUT2D eigenvalue weighted by atomic mass is 9.70. The first-order chi connectivity index (χ1) is 29.8. The van der Waals surface area contributed by atoms with E-state index in [4.69, 9.17) is 4.98 Å². The third-order valence-corrected chi connectivity index (χ3v) is 12.9. The van der Waals surface area contributed by atoms with E-state index in [1.165, 1.54) is 55.6 Å². The van der Waals surface area contributed by atoms with Crippen LogP contribution in [0.3, 0.4) is 0 Å². The summed E-state index contributed by atoms with van der Waals surface area (Å²) in [6, 6.07) is 79.8. The summed E-state index contributed by atoms with van der Waals surface area (Å²) in [5.41, 5.74) is 20.9. The first-order valence-corrected chi connectivity index (χ1v) is 20.6. The summed E-state index contributed by atoms with van der Waals surface area (Å²) in [5, 5.41) is 0. The Kier molecular flexibility index (Phi) is 6.90. The largest absolute Gasteiger partial charge is 0.308 e. The summed E-state index contributed by atoms with van der Waals surface area (Å²) in [6.07, 6.45) is 0. The van der Waals surface area contributed by atoms with Gasteiger partial charge in [0.15, 0.2) is 0 Å². The third-order valence-electron chi connectivity index (χ3n) is 12.9. The molecule has 4 heteroatoms. The standard InChI is InChI=1S/C56H36N4/c1-2-16-37(17-3-1)38-30-32-39(33-31-38)58(51-26-12-13-27-52(51)60-54-29-15-14-28-53(54)59-50-25-11-10-24-49(50)57-55(59)60)40-34-35-44-43-20-6-9-23-47(43)56(48(44)36-40)45-21-7-4-18-41(45)42-19-5-8-22-46(42)56/h1-36H. The third kappa shape index (κ3) is 4.42. The zero-order valence-corrected chi connectivity index (χ0v) is 32.6. The van der Waals surface area contributed by atoms with Crippen molar-refractivity contribution in [3.8, 4) is 39.1 Å². The first-order valence-electron chi connectivity index (χ1n) is 20.6. The minimum absolute atomic E-state index is 0.462. The van der Waals surface area contributed by atoms with Crippen LogP contribution in [0.2, 0.25) is 0 Å². The summed E-state index contributed by atoms with van der Waals surface area (Å²) in [4.78, 5) is 7.73. The van der Waals surface area contributed by atoms with Crippen LogP contribution in [0.25, 0.3) is 66.9 Å². The predicted octanol–water partition coefficient (Wildman–Crippen LogP) is 13.9. The maximum absolute atomic E-state index is 5.29. The Labute approximate surface area is 347 Å². The van der Waals surface area contributed by atoms with Gasteiger partial charge in [-0.05, 0) is 116 Å². The van der Waals surface area contributed by atoms with Crippen LogP contribution in [0.4, 0.5) is 17.1 Å². The van der Waals surface area contributed by atoms with E-state index in [2.05, 4.69) is 232 Å². The summed E-state index contributed by atoms with van der Waals surface area (Å²) in [6.45, 7) is 0. The molecule has 2 heterocycles. The fourth-order valence-electron chi connectivity index (χ4n) is 10.5. The van der Waals surface area contributed by atoms with E-state index in [1.54, 1.807) is 0 Å². The molecule has 0 N–H and O–H groups in total. The Morgan fingerprint density at radius 3 is 1.60 bits per heavy atom. The van der Waals surface area contributed by atoms with Crippen molar-refractivity contribution >= 4 is 44.9 Å². The Morgan fingerprint density at radius 1 is 0.383 bits per heavy atom. The molecule has 13 rings (SSSR count). The molecular formula is C56H36N4.